The summed E-state index contributed by atoms with van der Waals surface area (Å²) in [6.45, 7) is 4.50. The summed E-state index contributed by atoms with van der Waals surface area (Å²) in [5.74, 6) is 0.641. The molecular formula is C15H16BrFN4. The van der Waals surface area contributed by atoms with Crippen molar-refractivity contribution in [2.24, 2.45) is 0 Å². The number of nitrogens with zero attached hydrogens (tertiary/aromatic N) is 4. The van der Waals surface area contributed by atoms with E-state index in [2.05, 4.69) is 60.0 Å². The Hall–Kier alpha value is -1.53. The van der Waals surface area contributed by atoms with Crippen molar-refractivity contribution >= 4 is 21.7 Å². The number of rotatable bonds is 3. The van der Waals surface area contributed by atoms with E-state index in [0.29, 0.717) is 5.82 Å². The molecule has 0 spiro atoms. The molecule has 0 radical (unpaired) electrons. The molecule has 1 aliphatic heterocycles. The van der Waals surface area contributed by atoms with E-state index >= 15 is 0 Å². The first-order chi connectivity index (χ1) is 10.2. The van der Waals surface area contributed by atoms with E-state index in [-0.39, 0.29) is 0 Å². The van der Waals surface area contributed by atoms with Crippen LogP contribution < -0.4 is 4.90 Å². The largest absolute Gasteiger partial charge is 0.353 e. The summed E-state index contributed by atoms with van der Waals surface area (Å²) in [7, 11) is 0. The van der Waals surface area contributed by atoms with Crippen molar-refractivity contribution in [1.29, 1.82) is 0 Å². The SMILES string of the molecule is Fc1ncc(Br)c(N2CCN(Cc3ccccc3)CC2)n1. The second kappa shape index (κ2) is 6.49. The number of hydrogen-bond acceptors (Lipinski definition) is 4. The van der Waals surface area contributed by atoms with Gasteiger partial charge in [0.25, 0.3) is 0 Å². The molecule has 2 heterocycles. The Morgan fingerprint density at radius 2 is 1.81 bits per heavy atom. The van der Waals surface area contributed by atoms with Crippen LogP contribution in [0.25, 0.3) is 0 Å². The predicted molar refractivity (Wildman–Crippen MR) is 83.6 cm³/mol. The van der Waals surface area contributed by atoms with Crippen molar-refractivity contribution in [2.45, 2.75) is 6.54 Å². The highest BCUT2D eigenvalue weighted by molar-refractivity contribution is 9.10. The minimum Gasteiger partial charge on any atom is -0.353 e. The molecule has 1 fully saturated rings. The second-order valence-corrected chi connectivity index (χ2v) is 5.91. The lowest BCUT2D eigenvalue weighted by molar-refractivity contribution is 0.249. The third-order valence-electron chi connectivity index (χ3n) is 3.62. The zero-order valence-electron chi connectivity index (χ0n) is 11.5. The van der Waals surface area contributed by atoms with E-state index in [1.165, 1.54) is 11.8 Å². The van der Waals surface area contributed by atoms with Gasteiger partial charge >= 0.3 is 6.08 Å². The lowest BCUT2D eigenvalue weighted by Gasteiger charge is -2.35. The molecule has 0 amide bonds. The normalized spacial score (nSPS) is 16.2. The maximum Gasteiger partial charge on any atom is 0.310 e. The zero-order valence-corrected chi connectivity index (χ0v) is 13.1. The van der Waals surface area contributed by atoms with Crippen LogP contribution in [0.4, 0.5) is 10.2 Å². The van der Waals surface area contributed by atoms with Gasteiger partial charge < -0.3 is 4.90 Å². The highest BCUT2D eigenvalue weighted by Crippen LogP contribution is 2.24. The van der Waals surface area contributed by atoms with Crippen molar-refractivity contribution in [2.75, 3.05) is 31.1 Å². The predicted octanol–water partition coefficient (Wildman–Crippen LogP) is 2.70. The van der Waals surface area contributed by atoms with Crippen molar-refractivity contribution < 1.29 is 4.39 Å². The fourth-order valence-electron chi connectivity index (χ4n) is 2.52. The molecule has 1 aromatic heterocycles. The van der Waals surface area contributed by atoms with Gasteiger partial charge in [0.05, 0.1) is 4.47 Å². The molecule has 0 aliphatic carbocycles. The van der Waals surface area contributed by atoms with Crippen LogP contribution in [0.2, 0.25) is 0 Å². The first-order valence-electron chi connectivity index (χ1n) is 6.91. The minimum atomic E-state index is -0.681. The quantitative estimate of drug-likeness (QED) is 0.796. The first-order valence-corrected chi connectivity index (χ1v) is 7.71. The fraction of sp³-hybridized carbons (Fsp3) is 0.333. The zero-order chi connectivity index (χ0) is 14.7. The average Bonchev–Trinajstić information content (AvgIpc) is 2.52. The van der Waals surface area contributed by atoms with Gasteiger partial charge in [-0.15, -0.1) is 0 Å². The average molecular weight is 351 g/mol. The Bertz CT molecular complexity index is 600. The van der Waals surface area contributed by atoms with Crippen LogP contribution in [0.5, 0.6) is 0 Å². The molecule has 21 heavy (non-hydrogen) atoms. The smallest absolute Gasteiger partial charge is 0.310 e. The van der Waals surface area contributed by atoms with E-state index in [1.807, 2.05) is 6.07 Å². The van der Waals surface area contributed by atoms with E-state index in [0.717, 1.165) is 37.2 Å². The lowest BCUT2D eigenvalue weighted by atomic mass is 10.2. The van der Waals surface area contributed by atoms with Gasteiger partial charge in [0.15, 0.2) is 0 Å². The molecule has 1 aromatic carbocycles. The van der Waals surface area contributed by atoms with Gasteiger partial charge in [-0.1, -0.05) is 30.3 Å². The monoisotopic (exact) mass is 350 g/mol. The minimum absolute atomic E-state index is 0.641. The topological polar surface area (TPSA) is 32.3 Å². The first kappa shape index (κ1) is 14.4. The molecule has 0 saturated carbocycles. The lowest BCUT2D eigenvalue weighted by Crippen LogP contribution is -2.46. The maximum atomic E-state index is 13.2. The Labute approximate surface area is 131 Å². The van der Waals surface area contributed by atoms with Gasteiger partial charge in [0, 0.05) is 38.9 Å². The Morgan fingerprint density at radius 3 is 2.52 bits per heavy atom. The number of hydrogen-bond donors (Lipinski definition) is 0. The van der Waals surface area contributed by atoms with E-state index in [9.17, 15) is 4.39 Å². The summed E-state index contributed by atoms with van der Waals surface area (Å²) in [6.07, 6.45) is 0.786. The van der Waals surface area contributed by atoms with Crippen molar-refractivity contribution in [3.63, 3.8) is 0 Å². The molecule has 110 valence electrons. The van der Waals surface area contributed by atoms with Crippen molar-refractivity contribution in [3.05, 3.63) is 52.6 Å². The van der Waals surface area contributed by atoms with Crippen molar-refractivity contribution in [1.82, 2.24) is 14.9 Å². The van der Waals surface area contributed by atoms with Crippen molar-refractivity contribution in [3.8, 4) is 0 Å². The summed E-state index contributed by atoms with van der Waals surface area (Å²) in [6, 6.07) is 10.4. The summed E-state index contributed by atoms with van der Waals surface area (Å²) in [5.41, 5.74) is 1.32. The highest BCUT2D eigenvalue weighted by Gasteiger charge is 2.20. The third-order valence-corrected chi connectivity index (χ3v) is 4.18. The van der Waals surface area contributed by atoms with Crippen LogP contribution >= 0.6 is 15.9 Å². The molecule has 0 unspecified atom stereocenters. The molecule has 0 atom stereocenters. The molecule has 0 bridgehead atoms. The Balaban J connectivity index is 1.61. The number of piperazine rings is 1. The van der Waals surface area contributed by atoms with Crippen LogP contribution in [0.3, 0.4) is 0 Å². The molecule has 1 saturated heterocycles. The van der Waals surface area contributed by atoms with Crippen LogP contribution in [0.1, 0.15) is 5.56 Å². The Morgan fingerprint density at radius 1 is 1.10 bits per heavy atom. The number of halogens is 2. The van der Waals surface area contributed by atoms with E-state index in [4.69, 9.17) is 0 Å². The van der Waals surface area contributed by atoms with Gasteiger partial charge in [-0.25, -0.2) is 4.98 Å². The number of aromatic nitrogens is 2. The van der Waals surface area contributed by atoms with Crippen LogP contribution in [-0.2, 0) is 6.54 Å². The summed E-state index contributed by atoms with van der Waals surface area (Å²) < 4.78 is 13.9. The van der Waals surface area contributed by atoms with Gasteiger partial charge in [-0.05, 0) is 21.5 Å². The van der Waals surface area contributed by atoms with Gasteiger partial charge in [-0.3, -0.25) is 4.90 Å². The molecule has 0 N–H and O–H groups in total. The molecular weight excluding hydrogens is 335 g/mol. The van der Waals surface area contributed by atoms with E-state index in [1.54, 1.807) is 0 Å². The Kier molecular flexibility index (Phi) is 4.45. The molecule has 4 nitrogen and oxygen atoms in total. The van der Waals surface area contributed by atoms with Crippen LogP contribution in [0.15, 0.2) is 41.0 Å². The summed E-state index contributed by atoms with van der Waals surface area (Å²) in [5, 5.41) is 0. The summed E-state index contributed by atoms with van der Waals surface area (Å²) in [4.78, 5) is 11.9. The van der Waals surface area contributed by atoms with Gasteiger partial charge in [0.1, 0.15) is 5.82 Å². The molecule has 1 aliphatic rings. The number of anilines is 1. The fourth-order valence-corrected chi connectivity index (χ4v) is 2.96. The van der Waals surface area contributed by atoms with Crippen LogP contribution in [-0.4, -0.2) is 41.0 Å². The standard InChI is InChI=1S/C15H16BrFN4/c16-13-10-18-15(17)19-14(13)21-8-6-20(7-9-21)11-12-4-2-1-3-5-12/h1-5,10H,6-9,11H2. The summed E-state index contributed by atoms with van der Waals surface area (Å²) >= 11 is 3.39. The van der Waals surface area contributed by atoms with Gasteiger partial charge in [0.2, 0.25) is 0 Å². The van der Waals surface area contributed by atoms with E-state index < -0.39 is 6.08 Å². The molecule has 3 rings (SSSR count). The second-order valence-electron chi connectivity index (χ2n) is 5.06. The number of benzene rings is 1. The maximum absolute atomic E-state index is 13.2. The molecule has 2 aromatic rings. The third kappa shape index (κ3) is 3.57. The van der Waals surface area contributed by atoms with Crippen LogP contribution in [0, 0.1) is 6.08 Å². The highest BCUT2D eigenvalue weighted by atomic mass is 79.9. The van der Waals surface area contributed by atoms with Gasteiger partial charge in [-0.2, -0.15) is 9.37 Å². The molecule has 6 heteroatoms.